The van der Waals surface area contributed by atoms with E-state index in [1.807, 2.05) is 0 Å². The smallest absolute Gasteiger partial charge is 0.328 e. The van der Waals surface area contributed by atoms with Crippen molar-refractivity contribution >= 4 is 11.9 Å². The molecule has 1 aromatic rings. The van der Waals surface area contributed by atoms with Crippen LogP contribution in [0.5, 0.6) is 0 Å². The van der Waals surface area contributed by atoms with E-state index in [1.165, 1.54) is 0 Å². The van der Waals surface area contributed by atoms with Crippen molar-refractivity contribution in [2.75, 3.05) is 7.11 Å². The highest BCUT2D eigenvalue weighted by Crippen LogP contribution is 2.11. The van der Waals surface area contributed by atoms with Crippen LogP contribution >= 0.6 is 0 Å². The maximum atomic E-state index is 12.2. The van der Waals surface area contributed by atoms with Gasteiger partial charge in [0.05, 0.1) is 7.11 Å². The Morgan fingerprint density at radius 1 is 1.24 bits per heavy atom. The van der Waals surface area contributed by atoms with Gasteiger partial charge in [-0.3, -0.25) is 4.79 Å². The Morgan fingerprint density at radius 2 is 1.86 bits per heavy atom. The molecular formula is C14H17F2NO4. The molecule has 0 aliphatic rings. The topological polar surface area (TPSA) is 75.6 Å². The first-order valence-electron chi connectivity index (χ1n) is 6.35. The molecule has 0 radical (unpaired) electrons. The van der Waals surface area contributed by atoms with Gasteiger partial charge in [0.15, 0.2) is 0 Å². The van der Waals surface area contributed by atoms with Gasteiger partial charge in [-0.2, -0.15) is 0 Å². The molecule has 1 amide bonds. The number of ether oxygens (including phenoxy) is 1. The Morgan fingerprint density at radius 3 is 2.38 bits per heavy atom. The lowest BCUT2D eigenvalue weighted by atomic mass is 10.1. The van der Waals surface area contributed by atoms with Crippen molar-refractivity contribution in [2.45, 2.75) is 31.4 Å². The van der Waals surface area contributed by atoms with E-state index in [1.54, 1.807) is 30.3 Å². The largest absolute Gasteiger partial charge is 0.467 e. The summed E-state index contributed by atoms with van der Waals surface area (Å²) in [6.45, 7) is 0. The molecule has 5 nitrogen and oxygen atoms in total. The Balaban J connectivity index is 2.66. The summed E-state index contributed by atoms with van der Waals surface area (Å²) in [6, 6.07) is 7.06. The number of hydrogen-bond acceptors (Lipinski definition) is 4. The number of halogens is 2. The predicted molar refractivity (Wildman–Crippen MR) is 71.0 cm³/mol. The van der Waals surface area contributed by atoms with Crippen LogP contribution in [0.2, 0.25) is 0 Å². The number of nitrogens with one attached hydrogen (secondary N) is 1. The van der Waals surface area contributed by atoms with E-state index in [2.05, 4.69) is 10.1 Å². The zero-order valence-corrected chi connectivity index (χ0v) is 11.5. The van der Waals surface area contributed by atoms with Gasteiger partial charge < -0.3 is 15.2 Å². The van der Waals surface area contributed by atoms with Gasteiger partial charge in [0, 0.05) is 5.56 Å². The zero-order valence-electron chi connectivity index (χ0n) is 11.5. The fourth-order valence-corrected chi connectivity index (χ4v) is 1.69. The maximum Gasteiger partial charge on any atom is 0.328 e. The van der Waals surface area contributed by atoms with Gasteiger partial charge in [-0.1, -0.05) is 18.2 Å². The van der Waals surface area contributed by atoms with Crippen LogP contribution in [0, 0.1) is 0 Å². The Kier molecular flexibility index (Phi) is 6.74. The first kappa shape index (κ1) is 17.0. The van der Waals surface area contributed by atoms with Crippen molar-refractivity contribution in [3.05, 3.63) is 35.9 Å². The van der Waals surface area contributed by atoms with Crippen LogP contribution in [0.1, 0.15) is 23.2 Å². The minimum atomic E-state index is -2.90. The van der Waals surface area contributed by atoms with Gasteiger partial charge in [0.1, 0.15) is 12.1 Å². The maximum absolute atomic E-state index is 12.2. The first-order valence-corrected chi connectivity index (χ1v) is 6.35. The quantitative estimate of drug-likeness (QED) is 0.746. The third-order valence-electron chi connectivity index (χ3n) is 2.87. The lowest BCUT2D eigenvalue weighted by molar-refractivity contribution is -0.143. The zero-order chi connectivity index (χ0) is 15.8. The molecule has 0 aliphatic carbocycles. The van der Waals surface area contributed by atoms with Gasteiger partial charge in [-0.05, 0) is 25.0 Å². The van der Waals surface area contributed by atoms with E-state index in [0.717, 1.165) is 7.11 Å². The molecule has 2 N–H and O–H groups in total. The fraction of sp³-hybridized carbons (Fsp3) is 0.429. The molecule has 21 heavy (non-hydrogen) atoms. The summed E-state index contributed by atoms with van der Waals surface area (Å²) in [7, 11) is 1.13. The summed E-state index contributed by atoms with van der Waals surface area (Å²) in [5.74, 6) is -1.27. The second-order valence-corrected chi connectivity index (χ2v) is 4.39. The van der Waals surface area contributed by atoms with E-state index in [-0.39, 0.29) is 12.8 Å². The van der Waals surface area contributed by atoms with Crippen molar-refractivity contribution in [1.82, 2.24) is 5.32 Å². The summed E-state index contributed by atoms with van der Waals surface area (Å²) < 4.78 is 29.0. The van der Waals surface area contributed by atoms with Gasteiger partial charge in [0.25, 0.3) is 12.3 Å². The van der Waals surface area contributed by atoms with Crippen LogP contribution in [-0.2, 0) is 9.53 Å². The van der Waals surface area contributed by atoms with Crippen molar-refractivity contribution in [2.24, 2.45) is 0 Å². The third-order valence-corrected chi connectivity index (χ3v) is 2.87. The van der Waals surface area contributed by atoms with Gasteiger partial charge in [0.2, 0.25) is 0 Å². The second-order valence-electron chi connectivity index (χ2n) is 4.39. The summed E-state index contributed by atoms with van der Waals surface area (Å²) in [5.41, 5.74) is 0.334. The fourth-order valence-electron chi connectivity index (χ4n) is 1.69. The normalized spacial score (nSPS) is 13.6. The number of esters is 1. The molecule has 0 spiro atoms. The molecule has 0 bridgehead atoms. The highest BCUT2D eigenvalue weighted by atomic mass is 19.3. The molecule has 2 atom stereocenters. The number of amides is 1. The van der Waals surface area contributed by atoms with Crippen LogP contribution < -0.4 is 5.32 Å². The number of aliphatic hydroxyl groups excluding tert-OH is 1. The van der Waals surface area contributed by atoms with Crippen LogP contribution in [0.3, 0.4) is 0 Å². The van der Waals surface area contributed by atoms with E-state index in [0.29, 0.717) is 5.56 Å². The van der Waals surface area contributed by atoms with Crippen LogP contribution in [0.4, 0.5) is 8.78 Å². The monoisotopic (exact) mass is 301 g/mol. The van der Waals surface area contributed by atoms with E-state index in [4.69, 9.17) is 5.11 Å². The number of methoxy groups -OCH3 is 1. The summed E-state index contributed by atoms with van der Waals surface area (Å²) in [6.07, 6.45) is -5.21. The van der Waals surface area contributed by atoms with Gasteiger partial charge in [-0.15, -0.1) is 0 Å². The predicted octanol–water partition coefficient (Wildman–Crippen LogP) is 1.36. The lowest BCUT2D eigenvalue weighted by Crippen LogP contribution is -2.42. The molecule has 0 fully saturated rings. The van der Waals surface area contributed by atoms with Crippen LogP contribution in [0.25, 0.3) is 0 Å². The number of alkyl halides is 2. The molecule has 116 valence electrons. The Labute approximate surface area is 120 Å². The summed E-state index contributed by atoms with van der Waals surface area (Å²) in [5, 5.41) is 11.5. The second kappa shape index (κ2) is 8.31. The average Bonchev–Trinajstić information content (AvgIpc) is 2.50. The average molecular weight is 301 g/mol. The number of carbonyl (C=O) groups excluding carboxylic acids is 2. The van der Waals surface area contributed by atoms with E-state index >= 15 is 0 Å². The van der Waals surface area contributed by atoms with Crippen molar-refractivity contribution in [3.8, 4) is 0 Å². The summed E-state index contributed by atoms with van der Waals surface area (Å²) >= 11 is 0. The van der Waals surface area contributed by atoms with Crippen LogP contribution in [-0.4, -0.2) is 42.7 Å². The molecule has 0 heterocycles. The highest BCUT2D eigenvalue weighted by molar-refractivity contribution is 5.96. The minimum Gasteiger partial charge on any atom is -0.467 e. The molecule has 0 aliphatic heterocycles. The summed E-state index contributed by atoms with van der Waals surface area (Å²) in [4.78, 5) is 23.5. The molecule has 1 aromatic carbocycles. The van der Waals surface area contributed by atoms with Gasteiger partial charge in [-0.25, -0.2) is 13.6 Å². The van der Waals surface area contributed by atoms with E-state index in [9.17, 15) is 18.4 Å². The molecule has 1 rings (SSSR count). The van der Waals surface area contributed by atoms with Gasteiger partial charge >= 0.3 is 5.97 Å². The molecule has 0 saturated carbocycles. The number of rotatable bonds is 7. The lowest BCUT2D eigenvalue weighted by Gasteiger charge is -2.18. The molecular weight excluding hydrogens is 284 g/mol. The first-order chi connectivity index (χ1) is 9.95. The van der Waals surface area contributed by atoms with E-state index < -0.39 is 30.4 Å². The number of hydrogen-bond donors (Lipinski definition) is 2. The molecule has 0 aromatic heterocycles. The minimum absolute atomic E-state index is 0.142. The number of aliphatic hydroxyl groups is 1. The molecule has 0 unspecified atom stereocenters. The Bertz CT molecular complexity index is 467. The highest BCUT2D eigenvalue weighted by Gasteiger charge is 2.25. The molecule has 7 heteroatoms. The SMILES string of the molecule is COC(=O)[C@@H](CC[C@H](O)C(F)F)NC(=O)c1ccccc1. The third kappa shape index (κ3) is 5.47. The molecule has 0 saturated heterocycles. The van der Waals surface area contributed by atoms with Crippen LogP contribution in [0.15, 0.2) is 30.3 Å². The number of benzene rings is 1. The standard InChI is InChI=1S/C14H17F2NO4/c1-21-14(20)10(7-8-11(18)12(15)16)17-13(19)9-5-3-2-4-6-9/h2-6,10-12,18H,7-8H2,1H3,(H,17,19)/t10-,11+/m1/s1. The van der Waals surface area contributed by atoms with Crippen molar-refractivity contribution < 1.29 is 28.2 Å². The van der Waals surface area contributed by atoms with Crippen molar-refractivity contribution in [3.63, 3.8) is 0 Å². The number of carbonyl (C=O) groups is 2. The Hall–Kier alpha value is -2.02. The van der Waals surface area contributed by atoms with Crippen molar-refractivity contribution in [1.29, 1.82) is 0 Å².